The van der Waals surface area contributed by atoms with Crippen molar-refractivity contribution < 1.29 is 27.5 Å². The van der Waals surface area contributed by atoms with E-state index in [9.17, 15) is 18.0 Å². The molecule has 1 aromatic heterocycles. The topological polar surface area (TPSA) is 63.5 Å². The van der Waals surface area contributed by atoms with Crippen molar-refractivity contribution in [1.29, 1.82) is 0 Å². The first-order chi connectivity index (χ1) is 11.8. The first kappa shape index (κ1) is 20.8. The molecule has 0 saturated heterocycles. The van der Waals surface area contributed by atoms with Gasteiger partial charge in [0.1, 0.15) is 5.71 Å². The highest BCUT2D eigenvalue weighted by atomic mass is 32.1. The van der Waals surface area contributed by atoms with Gasteiger partial charge in [0.05, 0.1) is 25.6 Å². The molecule has 10 heteroatoms. The highest BCUT2D eigenvalue weighted by Crippen LogP contribution is 2.23. The Morgan fingerprint density at radius 1 is 1.40 bits per heavy atom. The number of carbonyl (C=O) groups is 1. The minimum atomic E-state index is -4.62. The number of amidine groups is 1. The Morgan fingerprint density at radius 3 is 2.56 bits per heavy atom. The second-order valence-corrected chi connectivity index (χ2v) is 5.57. The molecule has 0 saturated carbocycles. The summed E-state index contributed by atoms with van der Waals surface area (Å²) in [6, 6.07) is 3.21. The Balaban J connectivity index is 3.05. The third-order valence-electron chi connectivity index (χ3n) is 2.78. The summed E-state index contributed by atoms with van der Waals surface area (Å²) in [7, 11) is 3.85. The van der Waals surface area contributed by atoms with Crippen LogP contribution < -0.4 is 0 Å². The average molecular weight is 376 g/mol. The lowest BCUT2D eigenvalue weighted by Gasteiger charge is -2.16. The number of allylic oxidation sites excluding steroid dienone is 1. The summed E-state index contributed by atoms with van der Waals surface area (Å²) in [5.74, 6) is -0.0799. The van der Waals surface area contributed by atoms with Crippen LogP contribution >= 0.6 is 11.3 Å². The Morgan fingerprint density at radius 2 is 2.08 bits per heavy atom. The molecular formula is C15H17F3N3O3S. The van der Waals surface area contributed by atoms with E-state index in [1.807, 2.05) is 0 Å². The Bertz CT molecular complexity index is 668. The van der Waals surface area contributed by atoms with Gasteiger partial charge in [0.2, 0.25) is 0 Å². The molecule has 6 nitrogen and oxygen atoms in total. The van der Waals surface area contributed by atoms with Crippen LogP contribution in [0.5, 0.6) is 0 Å². The Kier molecular flexibility index (Phi) is 7.78. The van der Waals surface area contributed by atoms with Gasteiger partial charge in [-0.3, -0.25) is 9.83 Å². The van der Waals surface area contributed by atoms with Gasteiger partial charge in [0.15, 0.2) is 5.84 Å². The molecule has 1 amide bonds. The molecule has 0 atom stereocenters. The van der Waals surface area contributed by atoms with E-state index >= 15 is 0 Å². The number of alkyl halides is 3. The van der Waals surface area contributed by atoms with Crippen molar-refractivity contribution in [2.45, 2.75) is 12.7 Å². The molecule has 0 aliphatic rings. The van der Waals surface area contributed by atoms with E-state index in [2.05, 4.69) is 21.3 Å². The van der Waals surface area contributed by atoms with Crippen molar-refractivity contribution in [3.63, 3.8) is 0 Å². The smallest absolute Gasteiger partial charge is 0.433 e. The summed E-state index contributed by atoms with van der Waals surface area (Å²) in [4.78, 5) is 24.8. The molecule has 0 N–H and O–H groups in total. The van der Waals surface area contributed by atoms with E-state index in [4.69, 9.17) is 4.84 Å². The second kappa shape index (κ2) is 9.33. The standard InChI is InChI=1S/C15H17F3N3O3S/c1-5-6-12(15(16,17)18)20-13(19-2)11-8-7-10(25-11)9-21(24-4)14(22)23-3/h5-8H,1,9H2,2-4H3. The third kappa shape index (κ3) is 5.98. The summed E-state index contributed by atoms with van der Waals surface area (Å²) in [6.45, 7) is 3.32. The van der Waals surface area contributed by atoms with Gasteiger partial charge in [-0.1, -0.05) is 6.08 Å². The van der Waals surface area contributed by atoms with Gasteiger partial charge in [0, 0.05) is 18.3 Å². The fourth-order valence-electron chi connectivity index (χ4n) is 1.67. The van der Waals surface area contributed by atoms with Gasteiger partial charge >= 0.3 is 12.3 Å². The highest BCUT2D eigenvalue weighted by molar-refractivity contribution is 7.14. The van der Waals surface area contributed by atoms with E-state index in [1.54, 1.807) is 12.1 Å². The maximum Gasteiger partial charge on any atom is 0.433 e. The van der Waals surface area contributed by atoms with Crippen LogP contribution in [0.25, 0.3) is 0 Å². The van der Waals surface area contributed by atoms with Crippen molar-refractivity contribution in [2.24, 2.45) is 9.98 Å². The summed E-state index contributed by atoms with van der Waals surface area (Å²) in [6.07, 6.45) is -3.54. The van der Waals surface area contributed by atoms with Crippen LogP contribution in [0.3, 0.4) is 0 Å². The second-order valence-electron chi connectivity index (χ2n) is 4.40. The Hall–Kier alpha value is -2.20. The first-order valence-corrected chi connectivity index (χ1v) is 7.65. The molecule has 1 heterocycles. The molecule has 1 radical (unpaired) electrons. The van der Waals surface area contributed by atoms with Crippen molar-refractivity contribution >= 4 is 29.0 Å². The largest absolute Gasteiger partial charge is 0.451 e. The number of hydrogen-bond acceptors (Lipinski definition) is 5. The number of methoxy groups -OCH3 is 1. The quantitative estimate of drug-likeness (QED) is 0.433. The van der Waals surface area contributed by atoms with Crippen molar-refractivity contribution in [2.75, 3.05) is 21.3 Å². The number of amides is 1. The van der Waals surface area contributed by atoms with Crippen LogP contribution in [-0.4, -0.2) is 50.1 Å². The van der Waals surface area contributed by atoms with E-state index < -0.39 is 18.0 Å². The van der Waals surface area contributed by atoms with Crippen LogP contribution in [-0.2, 0) is 16.1 Å². The lowest BCUT2D eigenvalue weighted by molar-refractivity contribution is -0.112. The number of aliphatic imine (C=N–C) groups is 2. The maximum absolute atomic E-state index is 12.9. The van der Waals surface area contributed by atoms with Gasteiger partial charge in [-0.25, -0.2) is 9.79 Å². The van der Waals surface area contributed by atoms with Gasteiger partial charge in [-0.15, -0.1) is 17.9 Å². The van der Waals surface area contributed by atoms with E-state index in [0.717, 1.165) is 28.9 Å². The zero-order valence-electron chi connectivity index (χ0n) is 13.8. The number of nitrogens with zero attached hydrogens (tertiary/aromatic N) is 3. The number of thiophene rings is 1. The van der Waals surface area contributed by atoms with Crippen LogP contribution in [0.15, 0.2) is 34.8 Å². The third-order valence-corrected chi connectivity index (χ3v) is 3.85. The molecule has 0 aliphatic carbocycles. The molecule has 137 valence electrons. The zero-order valence-corrected chi connectivity index (χ0v) is 14.6. The van der Waals surface area contributed by atoms with Crippen molar-refractivity contribution in [3.8, 4) is 0 Å². The molecule has 25 heavy (non-hydrogen) atoms. The average Bonchev–Trinajstić information content (AvgIpc) is 3.03. The molecule has 0 fully saturated rings. The van der Waals surface area contributed by atoms with Crippen LogP contribution in [0.4, 0.5) is 18.0 Å². The molecule has 1 aromatic rings. The lowest BCUT2D eigenvalue weighted by atomic mass is 10.2. The highest BCUT2D eigenvalue weighted by Gasteiger charge is 2.35. The normalized spacial score (nSPS) is 12.9. The zero-order chi connectivity index (χ0) is 19.0. The summed E-state index contributed by atoms with van der Waals surface area (Å²) in [5.41, 5.74) is -1.11. The molecule has 0 spiro atoms. The predicted octanol–water partition coefficient (Wildman–Crippen LogP) is 3.65. The molecule has 0 unspecified atom stereocenters. The number of rotatable bonds is 6. The summed E-state index contributed by atoms with van der Waals surface area (Å²) >= 11 is 1.13. The number of hydroxylamine groups is 2. The SMILES string of the molecule is C=C[CH]C(=NC(=NC)c1ccc(CN(OC)C(=O)OC)s1)C(F)(F)F. The van der Waals surface area contributed by atoms with Crippen LogP contribution in [0, 0.1) is 6.42 Å². The maximum atomic E-state index is 12.9. The van der Waals surface area contributed by atoms with Gasteiger partial charge in [-0.2, -0.15) is 18.2 Å². The van der Waals surface area contributed by atoms with Crippen LogP contribution in [0.1, 0.15) is 9.75 Å². The van der Waals surface area contributed by atoms with Crippen LogP contribution in [0.2, 0.25) is 0 Å². The van der Waals surface area contributed by atoms with E-state index in [1.165, 1.54) is 21.3 Å². The molecule has 1 rings (SSSR count). The molecule has 0 aromatic carbocycles. The number of ether oxygens (including phenoxy) is 1. The predicted molar refractivity (Wildman–Crippen MR) is 89.7 cm³/mol. The number of carbonyl (C=O) groups excluding carboxylic acids is 1. The lowest BCUT2D eigenvalue weighted by Crippen LogP contribution is -2.28. The Labute approximate surface area is 147 Å². The fraction of sp³-hybridized carbons (Fsp3) is 0.333. The monoisotopic (exact) mass is 376 g/mol. The van der Waals surface area contributed by atoms with E-state index in [-0.39, 0.29) is 12.4 Å². The van der Waals surface area contributed by atoms with Gasteiger partial charge < -0.3 is 4.74 Å². The summed E-state index contributed by atoms with van der Waals surface area (Å²) < 4.78 is 43.4. The summed E-state index contributed by atoms with van der Waals surface area (Å²) in [5, 5.41) is 0.967. The van der Waals surface area contributed by atoms with Gasteiger partial charge in [-0.05, 0) is 12.1 Å². The molecule has 0 bridgehead atoms. The number of hydrogen-bond donors (Lipinski definition) is 0. The van der Waals surface area contributed by atoms with E-state index in [0.29, 0.717) is 9.75 Å². The van der Waals surface area contributed by atoms with Crippen molar-refractivity contribution in [1.82, 2.24) is 5.06 Å². The fourth-order valence-corrected chi connectivity index (χ4v) is 2.63. The number of halogens is 3. The van der Waals surface area contributed by atoms with Crippen molar-refractivity contribution in [3.05, 3.63) is 41.0 Å². The molecule has 0 aliphatic heterocycles. The molecular weight excluding hydrogens is 359 g/mol. The first-order valence-electron chi connectivity index (χ1n) is 6.83. The van der Waals surface area contributed by atoms with Gasteiger partial charge in [0.25, 0.3) is 0 Å². The minimum Gasteiger partial charge on any atom is -0.451 e. The minimum absolute atomic E-state index is 0.0689.